The molecule has 146 valence electrons. The van der Waals surface area contributed by atoms with Crippen molar-refractivity contribution in [2.24, 2.45) is 0 Å². The summed E-state index contributed by atoms with van der Waals surface area (Å²) in [5, 5.41) is 4.79. The lowest BCUT2D eigenvalue weighted by molar-refractivity contribution is -0.119. The number of hydrogen-bond acceptors (Lipinski definition) is 4. The Morgan fingerprint density at radius 3 is 2.39 bits per heavy atom. The molecule has 3 rings (SSSR count). The van der Waals surface area contributed by atoms with Gasteiger partial charge in [0.1, 0.15) is 18.9 Å². The Morgan fingerprint density at radius 1 is 0.964 bits per heavy atom. The molecule has 0 aliphatic heterocycles. The lowest BCUT2D eigenvalue weighted by Crippen LogP contribution is -2.41. The molecule has 0 aliphatic carbocycles. The molecule has 1 N–H and O–H groups in total. The first-order valence-electron chi connectivity index (χ1n) is 8.85. The molecule has 3 aromatic rings. The Balaban J connectivity index is 1.55. The second-order valence-electron chi connectivity index (χ2n) is 6.28. The van der Waals surface area contributed by atoms with Gasteiger partial charge < -0.3 is 10.1 Å². The van der Waals surface area contributed by atoms with Gasteiger partial charge in [0.05, 0.1) is 18.5 Å². The number of anilines is 1. The number of ether oxygens (including phenoxy) is 1. The summed E-state index contributed by atoms with van der Waals surface area (Å²) in [4.78, 5) is 12.2. The fourth-order valence-electron chi connectivity index (χ4n) is 2.85. The van der Waals surface area contributed by atoms with Crippen LogP contribution in [0.15, 0.2) is 72.8 Å². The summed E-state index contributed by atoms with van der Waals surface area (Å²) in [5.41, 5.74) is 0.451. The van der Waals surface area contributed by atoms with Crippen molar-refractivity contribution in [3.05, 3.63) is 72.8 Å². The lowest BCUT2D eigenvalue weighted by atomic mass is 10.1. The Bertz CT molecular complexity index is 1050. The summed E-state index contributed by atoms with van der Waals surface area (Å²) in [5.74, 6) is 0.352. The molecule has 1 amide bonds. The normalized spacial score (nSPS) is 11.2. The van der Waals surface area contributed by atoms with E-state index in [2.05, 4.69) is 5.32 Å². The van der Waals surface area contributed by atoms with Crippen LogP contribution in [0.2, 0.25) is 0 Å². The van der Waals surface area contributed by atoms with Crippen LogP contribution >= 0.6 is 0 Å². The number of rotatable bonds is 8. The number of carbonyl (C=O) groups excluding carboxylic acids is 1. The molecule has 0 saturated carbocycles. The van der Waals surface area contributed by atoms with Gasteiger partial charge in [0.25, 0.3) is 0 Å². The van der Waals surface area contributed by atoms with Crippen LogP contribution in [0.3, 0.4) is 0 Å². The Morgan fingerprint density at radius 2 is 1.64 bits per heavy atom. The van der Waals surface area contributed by atoms with Crippen LogP contribution < -0.4 is 14.4 Å². The zero-order chi connectivity index (χ0) is 20.0. The van der Waals surface area contributed by atoms with Gasteiger partial charge in [-0.25, -0.2) is 8.42 Å². The standard InChI is InChI=1S/C21H22N2O4S/c1-28(25,26)23(18-10-3-2-4-11-18)16-21(24)22-14-15-27-20-13-7-9-17-8-5-6-12-19(17)20/h2-13H,14-16H2,1H3,(H,22,24). The molecule has 0 aromatic heterocycles. The maximum absolute atomic E-state index is 12.2. The minimum absolute atomic E-state index is 0.272. The third kappa shape index (κ3) is 5.01. The van der Waals surface area contributed by atoms with Crippen LogP contribution in [0.5, 0.6) is 5.75 Å². The number of para-hydroxylation sites is 1. The summed E-state index contributed by atoms with van der Waals surface area (Å²) in [7, 11) is -3.57. The van der Waals surface area contributed by atoms with Gasteiger partial charge in [-0.3, -0.25) is 9.10 Å². The molecule has 0 saturated heterocycles. The average Bonchev–Trinajstić information content (AvgIpc) is 2.69. The lowest BCUT2D eigenvalue weighted by Gasteiger charge is -2.21. The summed E-state index contributed by atoms with van der Waals surface area (Å²) in [6.45, 7) is 0.273. The van der Waals surface area contributed by atoms with Crippen LogP contribution in [0, 0.1) is 0 Å². The van der Waals surface area contributed by atoms with E-state index >= 15 is 0 Å². The summed E-state index contributed by atoms with van der Waals surface area (Å²) >= 11 is 0. The maximum Gasteiger partial charge on any atom is 0.240 e. The highest BCUT2D eigenvalue weighted by Gasteiger charge is 2.20. The van der Waals surface area contributed by atoms with Crippen molar-refractivity contribution >= 4 is 32.4 Å². The second-order valence-corrected chi connectivity index (χ2v) is 8.19. The number of fused-ring (bicyclic) bond motifs is 1. The van der Waals surface area contributed by atoms with Crippen LogP contribution in [-0.2, 0) is 14.8 Å². The number of nitrogens with one attached hydrogen (secondary N) is 1. The van der Waals surface area contributed by atoms with Crippen molar-refractivity contribution < 1.29 is 17.9 Å². The molecule has 0 spiro atoms. The highest BCUT2D eigenvalue weighted by Crippen LogP contribution is 2.24. The minimum atomic E-state index is -3.57. The molecule has 0 aliphatic rings. The number of hydrogen-bond donors (Lipinski definition) is 1. The van der Waals surface area contributed by atoms with Crippen molar-refractivity contribution in [2.45, 2.75) is 0 Å². The number of nitrogens with zero attached hydrogens (tertiary/aromatic N) is 1. The number of benzene rings is 3. The predicted octanol–water partition coefficient (Wildman–Crippen LogP) is 2.80. The number of amides is 1. The van der Waals surface area contributed by atoms with Gasteiger partial charge >= 0.3 is 0 Å². The molecule has 0 radical (unpaired) electrons. The number of sulfonamides is 1. The van der Waals surface area contributed by atoms with E-state index < -0.39 is 15.9 Å². The van der Waals surface area contributed by atoms with Gasteiger partial charge in [-0.05, 0) is 23.6 Å². The Labute approximate surface area is 164 Å². The van der Waals surface area contributed by atoms with Gasteiger partial charge in [0.2, 0.25) is 15.9 Å². The van der Waals surface area contributed by atoms with Crippen molar-refractivity contribution in [3.8, 4) is 5.75 Å². The molecule has 28 heavy (non-hydrogen) atoms. The van der Waals surface area contributed by atoms with Crippen molar-refractivity contribution in [1.82, 2.24) is 5.32 Å². The smallest absolute Gasteiger partial charge is 0.240 e. The average molecular weight is 398 g/mol. The Kier molecular flexibility index (Phi) is 6.16. The van der Waals surface area contributed by atoms with Gasteiger partial charge in [0, 0.05) is 5.39 Å². The first kappa shape index (κ1) is 19.7. The molecule has 3 aromatic carbocycles. The van der Waals surface area contributed by atoms with E-state index in [1.165, 1.54) is 0 Å². The molecular formula is C21H22N2O4S. The quantitative estimate of drug-likeness (QED) is 0.592. The van der Waals surface area contributed by atoms with Crippen molar-refractivity contribution in [2.75, 3.05) is 30.3 Å². The van der Waals surface area contributed by atoms with E-state index in [0.29, 0.717) is 5.69 Å². The first-order valence-corrected chi connectivity index (χ1v) is 10.7. The van der Waals surface area contributed by atoms with E-state index in [9.17, 15) is 13.2 Å². The van der Waals surface area contributed by atoms with E-state index in [-0.39, 0.29) is 19.7 Å². The monoisotopic (exact) mass is 398 g/mol. The largest absolute Gasteiger partial charge is 0.491 e. The van der Waals surface area contributed by atoms with Gasteiger partial charge in [-0.1, -0.05) is 54.6 Å². The minimum Gasteiger partial charge on any atom is -0.491 e. The molecule has 0 unspecified atom stereocenters. The van der Waals surface area contributed by atoms with Gasteiger partial charge in [0.15, 0.2) is 0 Å². The van der Waals surface area contributed by atoms with E-state index in [4.69, 9.17) is 4.74 Å². The fraction of sp³-hybridized carbons (Fsp3) is 0.190. The summed E-state index contributed by atoms with van der Waals surface area (Å²) in [6.07, 6.45) is 1.08. The van der Waals surface area contributed by atoms with E-state index in [0.717, 1.165) is 27.1 Å². The predicted molar refractivity (Wildman–Crippen MR) is 111 cm³/mol. The van der Waals surface area contributed by atoms with Crippen molar-refractivity contribution in [3.63, 3.8) is 0 Å². The molecule has 0 bridgehead atoms. The number of carbonyl (C=O) groups is 1. The van der Waals surface area contributed by atoms with Crippen LogP contribution in [-0.4, -0.2) is 40.3 Å². The molecule has 6 nitrogen and oxygen atoms in total. The van der Waals surface area contributed by atoms with Crippen molar-refractivity contribution in [1.29, 1.82) is 0 Å². The summed E-state index contributed by atoms with van der Waals surface area (Å²) in [6, 6.07) is 22.2. The van der Waals surface area contributed by atoms with Gasteiger partial charge in [-0.2, -0.15) is 0 Å². The third-order valence-electron chi connectivity index (χ3n) is 4.16. The molecule has 7 heteroatoms. The van der Waals surface area contributed by atoms with E-state index in [1.807, 2.05) is 42.5 Å². The first-order chi connectivity index (χ1) is 13.4. The topological polar surface area (TPSA) is 75.7 Å². The SMILES string of the molecule is CS(=O)(=O)N(CC(=O)NCCOc1cccc2ccccc12)c1ccccc1. The second kappa shape index (κ2) is 8.75. The molecule has 0 atom stereocenters. The van der Waals surface area contributed by atoms with Crippen LogP contribution in [0.25, 0.3) is 10.8 Å². The zero-order valence-electron chi connectivity index (χ0n) is 15.5. The zero-order valence-corrected chi connectivity index (χ0v) is 16.4. The van der Waals surface area contributed by atoms with Crippen LogP contribution in [0.4, 0.5) is 5.69 Å². The van der Waals surface area contributed by atoms with Crippen LogP contribution in [0.1, 0.15) is 0 Å². The molecular weight excluding hydrogens is 376 g/mol. The molecule has 0 fully saturated rings. The maximum atomic E-state index is 12.2. The van der Waals surface area contributed by atoms with E-state index in [1.54, 1.807) is 30.3 Å². The highest BCUT2D eigenvalue weighted by molar-refractivity contribution is 7.92. The third-order valence-corrected chi connectivity index (χ3v) is 5.30. The Hall–Kier alpha value is -3.06. The molecule has 0 heterocycles. The van der Waals surface area contributed by atoms with Gasteiger partial charge in [-0.15, -0.1) is 0 Å². The summed E-state index contributed by atoms with van der Waals surface area (Å²) < 4.78 is 30.9. The fourth-order valence-corrected chi connectivity index (χ4v) is 3.71. The highest BCUT2D eigenvalue weighted by atomic mass is 32.2.